The molecule has 1 aromatic heterocycles. The number of halogens is 1. The van der Waals surface area contributed by atoms with Crippen LogP contribution in [0.3, 0.4) is 0 Å². The summed E-state index contributed by atoms with van der Waals surface area (Å²) < 4.78 is 13.4. The van der Waals surface area contributed by atoms with Gasteiger partial charge >= 0.3 is 0 Å². The lowest BCUT2D eigenvalue weighted by Gasteiger charge is -2.18. The van der Waals surface area contributed by atoms with Crippen LogP contribution in [-0.4, -0.2) is 17.6 Å². The number of hydrogen-bond donors (Lipinski definition) is 1. The minimum Gasteiger partial charge on any atom is -0.315 e. The van der Waals surface area contributed by atoms with Gasteiger partial charge in [-0.25, -0.2) is 4.39 Å². The molecule has 2 nitrogen and oxygen atoms in total. The summed E-state index contributed by atoms with van der Waals surface area (Å²) in [7, 11) is 0. The molecule has 0 aromatic carbocycles. The van der Waals surface area contributed by atoms with E-state index in [2.05, 4.69) is 24.1 Å². The molecular formula is C12H19FN2. The summed E-state index contributed by atoms with van der Waals surface area (Å²) in [5, 5.41) is 3.33. The summed E-state index contributed by atoms with van der Waals surface area (Å²) >= 11 is 0. The number of hydrogen-bond acceptors (Lipinski definition) is 2. The lowest BCUT2D eigenvalue weighted by atomic mass is 9.95. The second kappa shape index (κ2) is 5.81. The highest BCUT2D eigenvalue weighted by molar-refractivity contribution is 5.17. The van der Waals surface area contributed by atoms with E-state index in [1.165, 1.54) is 6.20 Å². The van der Waals surface area contributed by atoms with Gasteiger partial charge in [-0.1, -0.05) is 13.8 Å². The zero-order chi connectivity index (χ0) is 11.3. The van der Waals surface area contributed by atoms with Gasteiger partial charge in [-0.2, -0.15) is 0 Å². The van der Waals surface area contributed by atoms with Crippen molar-refractivity contribution in [2.75, 3.05) is 6.54 Å². The molecule has 0 saturated carbocycles. The van der Waals surface area contributed by atoms with Gasteiger partial charge < -0.3 is 5.32 Å². The van der Waals surface area contributed by atoms with Crippen molar-refractivity contribution in [2.45, 2.75) is 39.2 Å². The first-order chi connectivity index (χ1) is 7.15. The Morgan fingerprint density at radius 1 is 1.47 bits per heavy atom. The standard InChI is InChI=1S/C12H19FN2/c1-4-15-10(3)7-9(2)11-5-6-14-8-12(11)13/h5-6,8-10,15H,4,7H2,1-3H3. The van der Waals surface area contributed by atoms with Crippen molar-refractivity contribution in [3.8, 4) is 0 Å². The molecule has 0 saturated heterocycles. The molecule has 1 heterocycles. The minimum absolute atomic E-state index is 0.200. The van der Waals surface area contributed by atoms with Crippen molar-refractivity contribution < 1.29 is 4.39 Å². The fraction of sp³-hybridized carbons (Fsp3) is 0.583. The van der Waals surface area contributed by atoms with E-state index < -0.39 is 0 Å². The number of nitrogens with zero attached hydrogens (tertiary/aromatic N) is 1. The van der Waals surface area contributed by atoms with Crippen molar-refractivity contribution in [3.05, 3.63) is 29.8 Å². The van der Waals surface area contributed by atoms with Crippen LogP contribution in [0.4, 0.5) is 4.39 Å². The Labute approximate surface area is 90.9 Å². The Hall–Kier alpha value is -0.960. The van der Waals surface area contributed by atoms with Crippen LogP contribution >= 0.6 is 0 Å². The predicted molar refractivity (Wildman–Crippen MR) is 60.4 cm³/mol. The highest BCUT2D eigenvalue weighted by atomic mass is 19.1. The fourth-order valence-electron chi connectivity index (χ4n) is 1.87. The van der Waals surface area contributed by atoms with Crippen molar-refractivity contribution in [3.63, 3.8) is 0 Å². The maximum atomic E-state index is 13.4. The van der Waals surface area contributed by atoms with Crippen LogP contribution in [0.5, 0.6) is 0 Å². The van der Waals surface area contributed by atoms with Gasteiger partial charge in [-0.05, 0) is 37.4 Å². The highest BCUT2D eigenvalue weighted by Crippen LogP contribution is 2.22. The average molecular weight is 210 g/mol. The molecule has 0 aliphatic carbocycles. The molecule has 0 spiro atoms. The molecular weight excluding hydrogens is 191 g/mol. The van der Waals surface area contributed by atoms with Crippen molar-refractivity contribution >= 4 is 0 Å². The first-order valence-corrected chi connectivity index (χ1v) is 5.48. The van der Waals surface area contributed by atoms with E-state index in [1.54, 1.807) is 12.3 Å². The number of nitrogens with one attached hydrogen (secondary N) is 1. The van der Waals surface area contributed by atoms with Crippen molar-refractivity contribution in [1.29, 1.82) is 0 Å². The lowest BCUT2D eigenvalue weighted by Crippen LogP contribution is -2.27. The van der Waals surface area contributed by atoms with E-state index in [0.29, 0.717) is 6.04 Å². The van der Waals surface area contributed by atoms with Crippen molar-refractivity contribution in [2.24, 2.45) is 0 Å². The topological polar surface area (TPSA) is 24.9 Å². The molecule has 0 fully saturated rings. The first-order valence-electron chi connectivity index (χ1n) is 5.48. The molecule has 0 amide bonds. The summed E-state index contributed by atoms with van der Waals surface area (Å²) in [5.74, 6) is 0.0238. The third-order valence-electron chi connectivity index (χ3n) is 2.59. The van der Waals surface area contributed by atoms with Gasteiger partial charge in [0.05, 0.1) is 6.20 Å². The molecule has 15 heavy (non-hydrogen) atoms. The van der Waals surface area contributed by atoms with Gasteiger partial charge in [0.2, 0.25) is 0 Å². The van der Waals surface area contributed by atoms with Crippen LogP contribution in [0.15, 0.2) is 18.5 Å². The maximum Gasteiger partial charge on any atom is 0.144 e. The molecule has 0 radical (unpaired) electrons. The molecule has 1 aromatic rings. The zero-order valence-electron chi connectivity index (χ0n) is 9.63. The lowest BCUT2D eigenvalue weighted by molar-refractivity contribution is 0.477. The summed E-state index contributed by atoms with van der Waals surface area (Å²) in [4.78, 5) is 3.75. The van der Waals surface area contributed by atoms with Crippen LogP contribution in [0, 0.1) is 5.82 Å². The molecule has 0 bridgehead atoms. The van der Waals surface area contributed by atoms with Crippen LogP contribution < -0.4 is 5.32 Å². The van der Waals surface area contributed by atoms with Gasteiger partial charge in [0.1, 0.15) is 5.82 Å². The van der Waals surface area contributed by atoms with E-state index in [9.17, 15) is 4.39 Å². The molecule has 2 unspecified atom stereocenters. The largest absolute Gasteiger partial charge is 0.315 e. The van der Waals surface area contributed by atoms with Gasteiger partial charge in [0.25, 0.3) is 0 Å². The Balaban J connectivity index is 2.61. The smallest absolute Gasteiger partial charge is 0.144 e. The monoisotopic (exact) mass is 210 g/mol. The highest BCUT2D eigenvalue weighted by Gasteiger charge is 2.13. The minimum atomic E-state index is -0.200. The van der Waals surface area contributed by atoms with E-state index >= 15 is 0 Å². The normalized spacial score (nSPS) is 14.9. The Morgan fingerprint density at radius 3 is 2.80 bits per heavy atom. The Bertz CT molecular complexity index is 301. The van der Waals surface area contributed by atoms with Gasteiger partial charge in [-0.3, -0.25) is 4.98 Å². The summed E-state index contributed by atoms with van der Waals surface area (Å²) in [6.45, 7) is 7.20. The van der Waals surface area contributed by atoms with E-state index in [1.807, 2.05) is 6.92 Å². The summed E-state index contributed by atoms with van der Waals surface area (Å²) in [6, 6.07) is 2.18. The molecule has 84 valence electrons. The van der Waals surface area contributed by atoms with E-state index in [4.69, 9.17) is 0 Å². The van der Waals surface area contributed by atoms with Crippen LogP contribution in [-0.2, 0) is 0 Å². The third-order valence-corrected chi connectivity index (χ3v) is 2.59. The summed E-state index contributed by atoms with van der Waals surface area (Å²) in [6.07, 6.45) is 3.87. The molecule has 3 heteroatoms. The molecule has 0 aliphatic rings. The first kappa shape index (κ1) is 12.1. The number of pyridine rings is 1. The second-order valence-corrected chi connectivity index (χ2v) is 3.99. The van der Waals surface area contributed by atoms with Crippen LogP contribution in [0.2, 0.25) is 0 Å². The quantitative estimate of drug-likeness (QED) is 0.808. The van der Waals surface area contributed by atoms with Crippen LogP contribution in [0.1, 0.15) is 38.7 Å². The molecule has 0 aliphatic heterocycles. The van der Waals surface area contributed by atoms with Crippen molar-refractivity contribution in [1.82, 2.24) is 10.3 Å². The maximum absolute atomic E-state index is 13.4. The Morgan fingerprint density at radius 2 is 2.20 bits per heavy atom. The van der Waals surface area contributed by atoms with Gasteiger partial charge in [-0.15, -0.1) is 0 Å². The second-order valence-electron chi connectivity index (χ2n) is 3.99. The van der Waals surface area contributed by atoms with Gasteiger partial charge in [0.15, 0.2) is 0 Å². The Kier molecular flexibility index (Phi) is 4.69. The SMILES string of the molecule is CCNC(C)CC(C)c1ccncc1F. The summed E-state index contributed by atoms with van der Waals surface area (Å²) in [5.41, 5.74) is 0.759. The van der Waals surface area contributed by atoms with E-state index in [-0.39, 0.29) is 11.7 Å². The zero-order valence-corrected chi connectivity index (χ0v) is 9.63. The van der Waals surface area contributed by atoms with E-state index in [0.717, 1.165) is 18.5 Å². The predicted octanol–water partition coefficient (Wildman–Crippen LogP) is 2.71. The molecule has 1 N–H and O–H groups in total. The third kappa shape index (κ3) is 3.59. The molecule has 1 rings (SSSR count). The number of rotatable bonds is 5. The molecule has 2 atom stereocenters. The number of aromatic nitrogens is 1. The van der Waals surface area contributed by atoms with Gasteiger partial charge in [0, 0.05) is 12.2 Å². The average Bonchev–Trinajstić information content (AvgIpc) is 2.18. The van der Waals surface area contributed by atoms with Crippen LogP contribution in [0.25, 0.3) is 0 Å². The fourth-order valence-corrected chi connectivity index (χ4v) is 1.87.